The van der Waals surface area contributed by atoms with Gasteiger partial charge < -0.3 is 9.88 Å². The third-order valence-electron chi connectivity index (χ3n) is 5.68. The fraction of sp³-hybridized carbons (Fsp3) is 0.600. The highest BCUT2D eigenvalue weighted by atomic mass is 16.2. The number of amides is 1. The van der Waals surface area contributed by atoms with Gasteiger partial charge in [-0.2, -0.15) is 0 Å². The summed E-state index contributed by atoms with van der Waals surface area (Å²) in [5, 5.41) is 0. The summed E-state index contributed by atoms with van der Waals surface area (Å²) in [7, 11) is 0. The van der Waals surface area contributed by atoms with E-state index in [4.69, 9.17) is 4.98 Å². The molecule has 0 radical (unpaired) electrons. The molecule has 1 aliphatic carbocycles. The molecule has 4 nitrogen and oxygen atoms in total. The summed E-state index contributed by atoms with van der Waals surface area (Å²) in [6, 6.07) is 8.69. The standard InChI is InChI=1S/C20H27N3O/c1-13(2)11-19(24)23-17-10-6-3-7-14(17)12-18(23)20-21-15-8-4-5-9-16(15)22-20/h4-5,8-9,13-14,17-18H,3,6-7,10-12H2,1-2H3,(H,21,22)/t14-,17-,18-/m0/s1. The third kappa shape index (κ3) is 2.72. The van der Waals surface area contributed by atoms with E-state index in [1.807, 2.05) is 18.2 Å². The number of hydrogen-bond acceptors (Lipinski definition) is 2. The number of aromatic nitrogens is 2. The molecule has 1 aromatic heterocycles. The largest absolute Gasteiger partial charge is 0.340 e. The van der Waals surface area contributed by atoms with Gasteiger partial charge in [0, 0.05) is 12.5 Å². The van der Waals surface area contributed by atoms with Gasteiger partial charge in [-0.3, -0.25) is 4.79 Å². The Morgan fingerprint density at radius 2 is 2.08 bits per heavy atom. The highest BCUT2D eigenvalue weighted by Gasteiger charge is 2.45. The molecular formula is C20H27N3O. The van der Waals surface area contributed by atoms with E-state index in [1.54, 1.807) is 0 Å². The summed E-state index contributed by atoms with van der Waals surface area (Å²) in [6.45, 7) is 4.25. The molecule has 1 saturated heterocycles. The van der Waals surface area contributed by atoms with Crippen molar-refractivity contribution in [2.24, 2.45) is 11.8 Å². The van der Waals surface area contributed by atoms with Crippen LogP contribution in [0.4, 0.5) is 0 Å². The van der Waals surface area contributed by atoms with Crippen molar-refractivity contribution in [1.82, 2.24) is 14.9 Å². The monoisotopic (exact) mass is 325 g/mol. The first-order valence-electron chi connectivity index (χ1n) is 9.39. The van der Waals surface area contributed by atoms with Crippen LogP contribution in [0.2, 0.25) is 0 Å². The predicted octanol–water partition coefficient (Wildman–Crippen LogP) is 4.44. The second-order valence-electron chi connectivity index (χ2n) is 7.90. The molecule has 2 heterocycles. The molecule has 0 spiro atoms. The second kappa shape index (κ2) is 6.23. The summed E-state index contributed by atoms with van der Waals surface area (Å²) in [5.74, 6) is 2.33. The number of fused-ring (bicyclic) bond motifs is 2. The van der Waals surface area contributed by atoms with E-state index in [-0.39, 0.29) is 6.04 Å². The summed E-state index contributed by atoms with van der Waals surface area (Å²) in [6.07, 6.45) is 6.67. The van der Waals surface area contributed by atoms with Crippen molar-refractivity contribution in [2.75, 3.05) is 0 Å². The number of benzene rings is 1. The number of likely N-dealkylation sites (tertiary alicyclic amines) is 1. The zero-order valence-electron chi connectivity index (χ0n) is 14.7. The molecule has 1 aliphatic heterocycles. The first kappa shape index (κ1) is 15.7. The van der Waals surface area contributed by atoms with Gasteiger partial charge in [-0.1, -0.05) is 38.8 Å². The first-order valence-corrected chi connectivity index (χ1v) is 9.39. The molecule has 4 rings (SSSR count). The van der Waals surface area contributed by atoms with E-state index in [1.165, 1.54) is 19.3 Å². The van der Waals surface area contributed by atoms with Crippen LogP contribution in [0.25, 0.3) is 11.0 Å². The topological polar surface area (TPSA) is 49.0 Å². The minimum Gasteiger partial charge on any atom is -0.340 e. The summed E-state index contributed by atoms with van der Waals surface area (Å²) in [5.41, 5.74) is 2.07. The van der Waals surface area contributed by atoms with Crippen molar-refractivity contribution in [3.63, 3.8) is 0 Å². The lowest BCUT2D eigenvalue weighted by atomic mass is 9.84. The molecule has 4 heteroatoms. The Balaban J connectivity index is 1.69. The molecule has 1 amide bonds. The number of carbonyl (C=O) groups excluding carboxylic acids is 1. The number of imidazole rings is 1. The SMILES string of the molecule is CC(C)CC(=O)N1[C@H](c2nc3ccccc3[nH]2)C[C@@H]2CCCC[C@@H]21. The van der Waals surface area contributed by atoms with Crippen molar-refractivity contribution in [2.45, 2.75) is 64.5 Å². The number of rotatable bonds is 3. The van der Waals surface area contributed by atoms with E-state index < -0.39 is 0 Å². The molecule has 24 heavy (non-hydrogen) atoms. The Labute approximate surface area is 143 Å². The van der Waals surface area contributed by atoms with E-state index >= 15 is 0 Å². The van der Waals surface area contributed by atoms with Gasteiger partial charge in [0.2, 0.25) is 5.91 Å². The molecular weight excluding hydrogens is 298 g/mol. The maximum atomic E-state index is 13.0. The Morgan fingerprint density at radius 3 is 2.88 bits per heavy atom. The third-order valence-corrected chi connectivity index (χ3v) is 5.68. The van der Waals surface area contributed by atoms with Crippen LogP contribution in [0.15, 0.2) is 24.3 Å². The highest BCUT2D eigenvalue weighted by Crippen LogP contribution is 2.46. The van der Waals surface area contributed by atoms with Gasteiger partial charge in [-0.05, 0) is 43.2 Å². The normalized spacial score (nSPS) is 27.0. The fourth-order valence-electron chi connectivity index (χ4n) is 4.65. The zero-order valence-corrected chi connectivity index (χ0v) is 14.7. The van der Waals surface area contributed by atoms with E-state index in [0.717, 1.165) is 29.7 Å². The van der Waals surface area contributed by atoms with E-state index in [2.05, 4.69) is 29.8 Å². The Bertz CT molecular complexity index is 702. The van der Waals surface area contributed by atoms with Crippen LogP contribution in [0, 0.1) is 11.8 Å². The Hall–Kier alpha value is -1.84. The average Bonchev–Trinajstić information content (AvgIpc) is 3.15. The minimum absolute atomic E-state index is 0.122. The molecule has 2 fully saturated rings. The van der Waals surface area contributed by atoms with Crippen LogP contribution in [0.3, 0.4) is 0 Å². The molecule has 1 N–H and O–H groups in total. The smallest absolute Gasteiger partial charge is 0.223 e. The minimum atomic E-state index is 0.122. The Morgan fingerprint density at radius 1 is 1.29 bits per heavy atom. The number of para-hydroxylation sites is 2. The van der Waals surface area contributed by atoms with Gasteiger partial charge in [0.1, 0.15) is 5.82 Å². The van der Waals surface area contributed by atoms with Crippen LogP contribution < -0.4 is 0 Å². The highest BCUT2D eigenvalue weighted by molar-refractivity contribution is 5.78. The lowest BCUT2D eigenvalue weighted by Crippen LogP contribution is -2.41. The molecule has 0 bridgehead atoms. The molecule has 2 aromatic rings. The summed E-state index contributed by atoms with van der Waals surface area (Å²) < 4.78 is 0. The number of nitrogens with one attached hydrogen (secondary N) is 1. The van der Waals surface area contributed by atoms with Gasteiger partial charge in [-0.15, -0.1) is 0 Å². The van der Waals surface area contributed by atoms with Gasteiger partial charge in [-0.25, -0.2) is 4.98 Å². The van der Waals surface area contributed by atoms with Crippen molar-refractivity contribution >= 4 is 16.9 Å². The number of aromatic amines is 1. The quantitative estimate of drug-likeness (QED) is 0.907. The van der Waals surface area contributed by atoms with Gasteiger partial charge in [0.15, 0.2) is 0 Å². The summed E-state index contributed by atoms with van der Waals surface area (Å²) >= 11 is 0. The molecule has 1 aromatic carbocycles. The zero-order chi connectivity index (χ0) is 16.7. The summed E-state index contributed by atoms with van der Waals surface area (Å²) in [4.78, 5) is 23.5. The molecule has 1 saturated carbocycles. The van der Waals surface area contributed by atoms with Gasteiger partial charge >= 0.3 is 0 Å². The van der Waals surface area contributed by atoms with Gasteiger partial charge in [0.05, 0.1) is 17.1 Å². The van der Waals surface area contributed by atoms with Crippen molar-refractivity contribution in [3.8, 4) is 0 Å². The van der Waals surface area contributed by atoms with E-state index in [9.17, 15) is 4.79 Å². The maximum Gasteiger partial charge on any atom is 0.223 e. The van der Waals surface area contributed by atoms with E-state index in [0.29, 0.717) is 30.2 Å². The van der Waals surface area contributed by atoms with Crippen LogP contribution in [0.5, 0.6) is 0 Å². The lowest BCUT2D eigenvalue weighted by molar-refractivity contribution is -0.136. The van der Waals surface area contributed by atoms with Crippen LogP contribution in [-0.4, -0.2) is 26.8 Å². The number of hydrogen-bond donors (Lipinski definition) is 1. The second-order valence-corrected chi connectivity index (χ2v) is 7.90. The average molecular weight is 325 g/mol. The predicted molar refractivity (Wildman–Crippen MR) is 95.5 cm³/mol. The molecule has 0 unspecified atom stereocenters. The van der Waals surface area contributed by atoms with Crippen molar-refractivity contribution < 1.29 is 4.79 Å². The maximum absolute atomic E-state index is 13.0. The van der Waals surface area contributed by atoms with Crippen molar-refractivity contribution in [3.05, 3.63) is 30.1 Å². The number of carbonyl (C=O) groups is 1. The lowest BCUT2D eigenvalue weighted by Gasteiger charge is -2.34. The molecule has 2 aliphatic rings. The van der Waals surface area contributed by atoms with Crippen LogP contribution >= 0.6 is 0 Å². The van der Waals surface area contributed by atoms with Crippen molar-refractivity contribution in [1.29, 1.82) is 0 Å². The fourth-order valence-corrected chi connectivity index (χ4v) is 4.65. The van der Waals surface area contributed by atoms with Crippen LogP contribution in [0.1, 0.15) is 64.2 Å². The van der Waals surface area contributed by atoms with Gasteiger partial charge in [0.25, 0.3) is 0 Å². The Kier molecular flexibility index (Phi) is 4.07. The molecule has 128 valence electrons. The number of H-pyrrole nitrogens is 1. The van der Waals surface area contributed by atoms with Crippen LogP contribution in [-0.2, 0) is 4.79 Å². The first-order chi connectivity index (χ1) is 11.6. The molecule has 3 atom stereocenters. The number of nitrogens with zero attached hydrogens (tertiary/aromatic N) is 2.